The van der Waals surface area contributed by atoms with Crippen molar-refractivity contribution in [3.8, 4) is 11.5 Å². The summed E-state index contributed by atoms with van der Waals surface area (Å²) in [6, 6.07) is 4.36. The van der Waals surface area contributed by atoms with Crippen LogP contribution in [0.3, 0.4) is 0 Å². The summed E-state index contributed by atoms with van der Waals surface area (Å²) < 4.78 is 10.6. The fraction of sp³-hybridized carbons (Fsp3) is 0.267. The molecule has 2 heterocycles. The first kappa shape index (κ1) is 14.3. The van der Waals surface area contributed by atoms with Gasteiger partial charge in [-0.25, -0.2) is 0 Å². The summed E-state index contributed by atoms with van der Waals surface area (Å²) in [6.45, 7) is 0.533. The molecule has 1 aliphatic heterocycles. The summed E-state index contributed by atoms with van der Waals surface area (Å²) in [6.07, 6.45) is 4.78. The zero-order chi connectivity index (χ0) is 15.5. The Morgan fingerprint density at radius 1 is 1.36 bits per heavy atom. The molecule has 7 heteroatoms. The average Bonchev–Trinajstić information content (AvgIpc) is 2.95. The van der Waals surface area contributed by atoms with E-state index in [0.717, 1.165) is 0 Å². The highest BCUT2D eigenvalue weighted by Gasteiger charge is 2.27. The van der Waals surface area contributed by atoms with E-state index < -0.39 is 12.0 Å². The molecule has 0 amide bonds. The van der Waals surface area contributed by atoms with Crippen LogP contribution in [0.2, 0.25) is 0 Å². The lowest BCUT2D eigenvalue weighted by Crippen LogP contribution is -2.30. The Labute approximate surface area is 127 Å². The number of likely N-dealkylation sites (N-methyl/N-ethyl adjacent to an activating group) is 1. The van der Waals surface area contributed by atoms with Crippen molar-refractivity contribution in [3.05, 3.63) is 48.0 Å². The van der Waals surface area contributed by atoms with Gasteiger partial charge >= 0.3 is 5.97 Å². The molecular weight excluding hydrogens is 286 g/mol. The fourth-order valence-corrected chi connectivity index (χ4v) is 2.43. The molecule has 3 rings (SSSR count). The first-order valence-electron chi connectivity index (χ1n) is 6.72. The van der Waals surface area contributed by atoms with Gasteiger partial charge in [0, 0.05) is 25.1 Å². The van der Waals surface area contributed by atoms with Crippen LogP contribution in [0.5, 0.6) is 11.5 Å². The van der Waals surface area contributed by atoms with Gasteiger partial charge in [0.2, 0.25) is 6.79 Å². The smallest absolute Gasteiger partial charge is 0.325 e. The molecular formula is C15H15N3O4. The number of ether oxygens (including phenoxy) is 2. The van der Waals surface area contributed by atoms with Crippen LogP contribution < -0.4 is 9.47 Å². The predicted octanol–water partition coefficient (Wildman–Crippen LogP) is 1.46. The minimum absolute atomic E-state index is 0.159. The predicted molar refractivity (Wildman–Crippen MR) is 76.4 cm³/mol. The van der Waals surface area contributed by atoms with Crippen molar-refractivity contribution < 1.29 is 19.4 Å². The van der Waals surface area contributed by atoms with E-state index in [1.54, 1.807) is 48.7 Å². The summed E-state index contributed by atoms with van der Waals surface area (Å²) in [5.41, 5.74) is 1.33. The highest BCUT2D eigenvalue weighted by atomic mass is 16.7. The molecule has 0 fully saturated rings. The molecule has 0 aliphatic carbocycles. The van der Waals surface area contributed by atoms with Crippen LogP contribution >= 0.6 is 0 Å². The number of rotatable bonds is 5. The Morgan fingerprint density at radius 3 is 2.91 bits per heavy atom. The zero-order valence-electron chi connectivity index (χ0n) is 12.0. The molecule has 22 heavy (non-hydrogen) atoms. The third-order valence-corrected chi connectivity index (χ3v) is 3.42. The van der Waals surface area contributed by atoms with Crippen LogP contribution in [0.15, 0.2) is 36.8 Å². The maximum atomic E-state index is 11.7. The molecule has 0 radical (unpaired) electrons. The molecule has 1 aliphatic rings. The van der Waals surface area contributed by atoms with Gasteiger partial charge in [-0.1, -0.05) is 6.07 Å². The number of aromatic nitrogens is 2. The van der Waals surface area contributed by atoms with Crippen LogP contribution in [-0.4, -0.2) is 39.8 Å². The lowest BCUT2D eigenvalue weighted by molar-refractivity contribution is -0.143. The molecule has 0 spiro atoms. The summed E-state index contributed by atoms with van der Waals surface area (Å²) in [7, 11) is 1.73. The number of fused-ring (bicyclic) bond motifs is 1. The molecule has 7 nitrogen and oxygen atoms in total. The van der Waals surface area contributed by atoms with Crippen molar-refractivity contribution in [3.63, 3.8) is 0 Å². The molecule has 0 saturated heterocycles. The minimum Gasteiger partial charge on any atom is -0.480 e. The molecule has 1 aromatic heterocycles. The van der Waals surface area contributed by atoms with Gasteiger partial charge in [-0.2, -0.15) is 0 Å². The van der Waals surface area contributed by atoms with Crippen molar-refractivity contribution in [1.82, 2.24) is 14.9 Å². The van der Waals surface area contributed by atoms with Gasteiger partial charge in [0.1, 0.15) is 6.04 Å². The van der Waals surface area contributed by atoms with Crippen LogP contribution in [0, 0.1) is 0 Å². The third kappa shape index (κ3) is 2.84. The quantitative estimate of drug-likeness (QED) is 0.895. The van der Waals surface area contributed by atoms with E-state index in [4.69, 9.17) is 9.47 Å². The van der Waals surface area contributed by atoms with Crippen molar-refractivity contribution in [1.29, 1.82) is 0 Å². The second kappa shape index (κ2) is 5.98. The van der Waals surface area contributed by atoms with Crippen LogP contribution in [0.4, 0.5) is 0 Å². The Balaban J connectivity index is 1.84. The normalized spacial score (nSPS) is 14.1. The van der Waals surface area contributed by atoms with E-state index in [1.807, 2.05) is 0 Å². The highest BCUT2D eigenvalue weighted by molar-refractivity contribution is 5.76. The number of aliphatic carboxylic acids is 1. The maximum Gasteiger partial charge on any atom is 0.325 e. The number of carbonyl (C=O) groups is 1. The third-order valence-electron chi connectivity index (χ3n) is 3.42. The Kier molecular flexibility index (Phi) is 3.88. The lowest BCUT2D eigenvalue weighted by atomic mass is 10.0. The Bertz CT molecular complexity index is 678. The molecule has 0 saturated carbocycles. The van der Waals surface area contributed by atoms with E-state index >= 15 is 0 Å². The second-order valence-electron chi connectivity index (χ2n) is 4.97. The molecule has 0 bridgehead atoms. The number of carboxylic acid groups (broad SMARTS) is 1. The van der Waals surface area contributed by atoms with Crippen LogP contribution in [0.1, 0.15) is 17.3 Å². The highest BCUT2D eigenvalue weighted by Crippen LogP contribution is 2.35. The topological polar surface area (TPSA) is 84.8 Å². The van der Waals surface area contributed by atoms with Gasteiger partial charge in [0.25, 0.3) is 0 Å². The molecule has 1 N–H and O–H groups in total. The standard InChI is InChI=1S/C15H15N3O4/c1-18(8-11-7-16-4-5-17-11)14(15(19)20)10-2-3-12-13(6-10)22-9-21-12/h2-7,14H,8-9H2,1H3,(H,19,20)/t14-/m0/s1. The summed E-state index contributed by atoms with van der Waals surface area (Å²) >= 11 is 0. The summed E-state index contributed by atoms with van der Waals surface area (Å²) in [5.74, 6) is 0.256. The molecule has 0 unspecified atom stereocenters. The Hall–Kier alpha value is -2.67. The van der Waals surface area contributed by atoms with E-state index in [2.05, 4.69) is 9.97 Å². The molecule has 1 atom stereocenters. The molecule has 1 aromatic carbocycles. The van der Waals surface area contributed by atoms with Gasteiger partial charge in [-0.3, -0.25) is 19.7 Å². The second-order valence-corrected chi connectivity index (χ2v) is 4.97. The summed E-state index contributed by atoms with van der Waals surface area (Å²) in [4.78, 5) is 21.5. The fourth-order valence-electron chi connectivity index (χ4n) is 2.43. The van der Waals surface area contributed by atoms with E-state index in [9.17, 15) is 9.90 Å². The zero-order valence-corrected chi connectivity index (χ0v) is 12.0. The molecule has 2 aromatic rings. The number of hydrogen-bond acceptors (Lipinski definition) is 6. The van der Waals surface area contributed by atoms with Gasteiger partial charge < -0.3 is 14.6 Å². The van der Waals surface area contributed by atoms with Crippen LogP contribution in [0.25, 0.3) is 0 Å². The van der Waals surface area contributed by atoms with Crippen molar-refractivity contribution in [2.45, 2.75) is 12.6 Å². The van der Waals surface area contributed by atoms with Gasteiger partial charge in [0.05, 0.1) is 5.69 Å². The van der Waals surface area contributed by atoms with Gasteiger partial charge in [0.15, 0.2) is 11.5 Å². The number of nitrogens with zero attached hydrogens (tertiary/aromatic N) is 3. The Morgan fingerprint density at radius 2 is 2.18 bits per heavy atom. The van der Waals surface area contributed by atoms with Crippen molar-refractivity contribution in [2.24, 2.45) is 0 Å². The van der Waals surface area contributed by atoms with E-state index in [-0.39, 0.29) is 6.79 Å². The summed E-state index contributed by atoms with van der Waals surface area (Å²) in [5, 5.41) is 9.57. The van der Waals surface area contributed by atoms with Crippen LogP contribution in [-0.2, 0) is 11.3 Å². The SMILES string of the molecule is CN(Cc1cnccn1)[C@H](C(=O)O)c1ccc2c(c1)OCO2. The maximum absolute atomic E-state index is 11.7. The first-order chi connectivity index (χ1) is 10.6. The number of benzene rings is 1. The molecule has 114 valence electrons. The monoisotopic (exact) mass is 301 g/mol. The first-order valence-corrected chi connectivity index (χ1v) is 6.72. The van der Waals surface area contributed by atoms with Crippen molar-refractivity contribution >= 4 is 5.97 Å². The minimum atomic E-state index is -0.940. The van der Waals surface area contributed by atoms with Crippen molar-refractivity contribution in [2.75, 3.05) is 13.8 Å². The largest absolute Gasteiger partial charge is 0.480 e. The number of hydrogen-bond donors (Lipinski definition) is 1. The lowest BCUT2D eigenvalue weighted by Gasteiger charge is -2.24. The number of carboxylic acids is 1. The van der Waals surface area contributed by atoms with E-state index in [1.165, 1.54) is 0 Å². The van der Waals surface area contributed by atoms with Gasteiger partial charge in [-0.15, -0.1) is 0 Å². The average molecular weight is 301 g/mol. The van der Waals surface area contributed by atoms with Gasteiger partial charge in [-0.05, 0) is 24.7 Å². The van der Waals surface area contributed by atoms with E-state index in [0.29, 0.717) is 29.3 Å².